The summed E-state index contributed by atoms with van der Waals surface area (Å²) in [6, 6.07) is 30.3. The second-order valence-electron chi connectivity index (χ2n) is 10.9. The number of aliphatic hydroxyl groups is 1. The fourth-order valence-electron chi connectivity index (χ4n) is 5.53. The molecule has 0 fully saturated rings. The zero-order valence-electron chi connectivity index (χ0n) is 24.6. The van der Waals surface area contributed by atoms with Gasteiger partial charge in [-0.25, -0.2) is 9.13 Å². The quantitative estimate of drug-likeness (QED) is 0.134. The molecule has 1 aromatic heterocycles. The molecule has 4 aromatic rings. The highest BCUT2D eigenvalue weighted by atomic mass is 35.5. The van der Waals surface area contributed by atoms with Crippen LogP contribution >= 0.6 is 0 Å². The van der Waals surface area contributed by atoms with Crippen molar-refractivity contribution in [2.75, 3.05) is 6.61 Å². The molecule has 5 heteroatoms. The normalized spacial score (nSPS) is 11.4. The van der Waals surface area contributed by atoms with E-state index in [0.29, 0.717) is 13.3 Å². The van der Waals surface area contributed by atoms with Gasteiger partial charge in [0.15, 0.2) is 6.73 Å². The van der Waals surface area contributed by atoms with E-state index < -0.39 is 5.60 Å². The van der Waals surface area contributed by atoms with Crippen molar-refractivity contribution in [1.29, 1.82) is 0 Å². The van der Waals surface area contributed by atoms with E-state index in [4.69, 9.17) is 4.74 Å². The first-order valence-corrected chi connectivity index (χ1v) is 15.3. The number of nitrogens with zero attached hydrogens (tertiary/aromatic N) is 2. The minimum absolute atomic E-state index is 0. The minimum Gasteiger partial charge on any atom is -1.00 e. The summed E-state index contributed by atoms with van der Waals surface area (Å²) in [5, 5.41) is 12.6. The van der Waals surface area contributed by atoms with Crippen molar-refractivity contribution in [3.63, 3.8) is 0 Å². The Labute approximate surface area is 253 Å². The first-order chi connectivity index (χ1) is 19.7. The Morgan fingerprint density at radius 1 is 0.683 bits per heavy atom. The molecule has 0 radical (unpaired) electrons. The first kappa shape index (κ1) is 32.6. The summed E-state index contributed by atoms with van der Waals surface area (Å²) in [6.45, 7) is 4.05. The van der Waals surface area contributed by atoms with Crippen molar-refractivity contribution in [3.05, 3.63) is 126 Å². The lowest BCUT2D eigenvalue weighted by molar-refractivity contribution is -0.700. The maximum atomic E-state index is 12.6. The van der Waals surface area contributed by atoms with Gasteiger partial charge in [0.25, 0.3) is 0 Å². The van der Waals surface area contributed by atoms with Crippen molar-refractivity contribution in [1.82, 2.24) is 4.57 Å². The SMILES string of the molecule is CCCCCCCCCCCCOCn1cc[n+](Cc2ccccc2)c1C(O)(c1ccccc1)c1ccccc1.[Cl-]. The number of aromatic nitrogens is 2. The van der Waals surface area contributed by atoms with Crippen LogP contribution in [0.25, 0.3) is 0 Å². The molecule has 0 saturated carbocycles. The van der Waals surface area contributed by atoms with Crippen molar-refractivity contribution in [2.24, 2.45) is 0 Å². The molecule has 0 unspecified atom stereocenters. The molecule has 0 atom stereocenters. The van der Waals surface area contributed by atoms with Gasteiger partial charge in [0.1, 0.15) is 18.9 Å². The molecule has 1 N–H and O–H groups in total. The van der Waals surface area contributed by atoms with Crippen molar-refractivity contribution < 1.29 is 26.8 Å². The number of halogens is 1. The average molecular weight is 575 g/mol. The summed E-state index contributed by atoms with van der Waals surface area (Å²) in [5.41, 5.74) is 1.50. The average Bonchev–Trinajstić information content (AvgIpc) is 3.41. The molecule has 0 spiro atoms. The van der Waals surface area contributed by atoms with Crippen LogP contribution in [0.4, 0.5) is 0 Å². The lowest BCUT2D eigenvalue weighted by Crippen LogP contribution is -3.00. The molecule has 3 aromatic carbocycles. The molecule has 4 rings (SSSR count). The third-order valence-corrected chi connectivity index (χ3v) is 7.75. The predicted molar refractivity (Wildman–Crippen MR) is 163 cm³/mol. The van der Waals surface area contributed by atoms with Gasteiger partial charge in [0.05, 0.1) is 6.61 Å². The maximum absolute atomic E-state index is 12.6. The minimum atomic E-state index is -1.35. The molecule has 220 valence electrons. The van der Waals surface area contributed by atoms with Gasteiger partial charge in [0.2, 0.25) is 5.60 Å². The lowest BCUT2D eigenvalue weighted by Gasteiger charge is -2.27. The van der Waals surface area contributed by atoms with E-state index in [1.807, 2.05) is 72.9 Å². The van der Waals surface area contributed by atoms with Crippen molar-refractivity contribution in [2.45, 2.75) is 90.0 Å². The van der Waals surface area contributed by atoms with Gasteiger partial charge in [0, 0.05) is 11.1 Å². The van der Waals surface area contributed by atoms with Crippen molar-refractivity contribution in [3.8, 4) is 0 Å². The van der Waals surface area contributed by atoms with Gasteiger partial charge >= 0.3 is 5.82 Å². The van der Waals surface area contributed by atoms with Gasteiger partial charge in [-0.1, -0.05) is 156 Å². The molecular weight excluding hydrogens is 528 g/mol. The number of ether oxygens (including phenoxy) is 1. The molecule has 0 aliphatic heterocycles. The van der Waals surface area contributed by atoms with E-state index in [1.54, 1.807) is 0 Å². The second-order valence-corrected chi connectivity index (χ2v) is 10.9. The van der Waals surface area contributed by atoms with Gasteiger partial charge in [-0.3, -0.25) is 0 Å². The van der Waals surface area contributed by atoms with Crippen LogP contribution in [0.1, 0.15) is 93.6 Å². The van der Waals surface area contributed by atoms with Crippen LogP contribution in [-0.4, -0.2) is 16.3 Å². The van der Waals surface area contributed by atoms with E-state index in [9.17, 15) is 5.11 Å². The Hall–Kier alpha value is -2.92. The van der Waals surface area contributed by atoms with Crippen molar-refractivity contribution >= 4 is 0 Å². The molecule has 0 amide bonds. The smallest absolute Gasteiger partial charge is 0.300 e. The fraction of sp³-hybridized carbons (Fsp3) is 0.417. The lowest BCUT2D eigenvalue weighted by atomic mass is 9.85. The second kappa shape index (κ2) is 17.8. The number of imidazole rings is 1. The van der Waals surface area contributed by atoms with E-state index in [-0.39, 0.29) is 12.4 Å². The number of hydrogen-bond acceptors (Lipinski definition) is 2. The van der Waals surface area contributed by atoms with Crippen LogP contribution in [0.3, 0.4) is 0 Å². The van der Waals surface area contributed by atoms with Crippen LogP contribution in [-0.2, 0) is 23.6 Å². The predicted octanol–water partition coefficient (Wildman–Crippen LogP) is 5.01. The zero-order valence-corrected chi connectivity index (χ0v) is 25.4. The van der Waals surface area contributed by atoms with Crippen LogP contribution in [0.5, 0.6) is 0 Å². The Kier molecular flexibility index (Phi) is 14.1. The Bertz CT molecular complexity index is 1190. The van der Waals surface area contributed by atoms with Crippen LogP contribution in [0.2, 0.25) is 0 Å². The van der Waals surface area contributed by atoms with Gasteiger partial charge in [-0.15, -0.1) is 0 Å². The summed E-state index contributed by atoms with van der Waals surface area (Å²) in [5.74, 6) is 0.789. The van der Waals surface area contributed by atoms with Gasteiger partial charge < -0.3 is 22.3 Å². The number of unbranched alkanes of at least 4 members (excludes halogenated alkanes) is 9. The number of hydrogen-bond donors (Lipinski definition) is 1. The van der Waals surface area contributed by atoms with Crippen LogP contribution < -0.4 is 17.0 Å². The van der Waals surface area contributed by atoms with E-state index >= 15 is 0 Å². The molecule has 0 saturated heterocycles. The molecule has 4 nitrogen and oxygen atoms in total. The van der Waals surface area contributed by atoms with Crippen LogP contribution in [0, 0.1) is 0 Å². The zero-order chi connectivity index (χ0) is 27.9. The summed E-state index contributed by atoms with van der Waals surface area (Å²) >= 11 is 0. The molecule has 0 bridgehead atoms. The fourth-order valence-corrected chi connectivity index (χ4v) is 5.53. The van der Waals surface area contributed by atoms with Gasteiger partial charge in [-0.2, -0.15) is 0 Å². The summed E-state index contributed by atoms with van der Waals surface area (Å²) in [6.07, 6.45) is 17.2. The largest absolute Gasteiger partial charge is 1.00 e. The summed E-state index contributed by atoms with van der Waals surface area (Å²) in [7, 11) is 0. The maximum Gasteiger partial charge on any atom is 0.300 e. The topological polar surface area (TPSA) is 38.3 Å². The third kappa shape index (κ3) is 9.29. The molecule has 41 heavy (non-hydrogen) atoms. The number of benzene rings is 3. The van der Waals surface area contributed by atoms with E-state index in [1.165, 1.54) is 63.4 Å². The molecule has 0 aliphatic carbocycles. The van der Waals surface area contributed by atoms with Crippen LogP contribution in [0.15, 0.2) is 103 Å². The Balaban J connectivity index is 0.00000462. The third-order valence-electron chi connectivity index (χ3n) is 7.75. The standard InChI is InChI=1S/C36H47N2O2.ClH/c1-2-3-4-5-6-7-8-9-10-20-29-40-31-38-28-27-37(30-32-21-14-11-15-22-32)35(38)36(39,33-23-16-12-17-24-33)34-25-18-13-19-26-34;/h11-19,21-28,39H,2-10,20,29-31H2,1H3;1H/q+1;/p-1. The first-order valence-electron chi connectivity index (χ1n) is 15.3. The summed E-state index contributed by atoms with van der Waals surface area (Å²) < 4.78 is 10.4. The highest BCUT2D eigenvalue weighted by molar-refractivity contribution is 5.41. The Morgan fingerprint density at radius 2 is 1.17 bits per heavy atom. The van der Waals surface area contributed by atoms with Gasteiger partial charge in [-0.05, 0) is 12.0 Å². The Morgan fingerprint density at radius 3 is 1.71 bits per heavy atom. The summed E-state index contributed by atoms with van der Waals surface area (Å²) in [4.78, 5) is 0. The molecular formula is C36H47ClN2O2. The number of rotatable bonds is 18. The highest BCUT2D eigenvalue weighted by Gasteiger charge is 2.45. The molecule has 1 heterocycles. The highest BCUT2D eigenvalue weighted by Crippen LogP contribution is 2.35. The monoisotopic (exact) mass is 574 g/mol. The van der Waals surface area contributed by atoms with E-state index in [2.05, 4.69) is 46.5 Å². The molecule has 0 aliphatic rings. The van der Waals surface area contributed by atoms with E-state index in [0.717, 1.165) is 30.0 Å².